The Morgan fingerprint density at radius 2 is 1.85 bits per heavy atom. The molecule has 2 aromatic carbocycles. The van der Waals surface area contributed by atoms with Gasteiger partial charge in [-0.3, -0.25) is 14.4 Å². The number of para-hydroxylation sites is 1. The van der Waals surface area contributed by atoms with Crippen LogP contribution in [0.4, 0.5) is 10.1 Å². The van der Waals surface area contributed by atoms with Gasteiger partial charge in [0.2, 0.25) is 10.0 Å². The van der Waals surface area contributed by atoms with Crippen molar-refractivity contribution in [2.45, 2.75) is 30.2 Å². The van der Waals surface area contributed by atoms with Crippen molar-refractivity contribution in [2.75, 3.05) is 18.5 Å². The van der Waals surface area contributed by atoms with Crippen LogP contribution in [0.3, 0.4) is 0 Å². The molecule has 1 fully saturated rings. The average Bonchev–Trinajstić information content (AvgIpc) is 3.58. The summed E-state index contributed by atoms with van der Waals surface area (Å²) in [5.74, 6) is -2.54. The van der Waals surface area contributed by atoms with Crippen LogP contribution in [0, 0.1) is 5.82 Å². The lowest BCUT2D eigenvalue weighted by Gasteiger charge is -2.11. The van der Waals surface area contributed by atoms with E-state index in [1.165, 1.54) is 0 Å². The Labute approximate surface area is 194 Å². The number of esters is 1. The minimum atomic E-state index is -4.01. The molecule has 2 amide bonds. The van der Waals surface area contributed by atoms with Gasteiger partial charge in [-0.2, -0.15) is 0 Å². The molecular weight excluding hydrogens is 477 g/mol. The quantitative estimate of drug-likeness (QED) is 0.431. The van der Waals surface area contributed by atoms with Crippen molar-refractivity contribution in [3.8, 4) is 0 Å². The van der Waals surface area contributed by atoms with Gasteiger partial charge >= 0.3 is 5.97 Å². The zero-order valence-electron chi connectivity index (χ0n) is 17.3. The molecule has 3 rings (SSSR count). The minimum absolute atomic E-state index is 0.152. The topological polar surface area (TPSA) is 131 Å². The van der Waals surface area contributed by atoms with E-state index in [1.807, 2.05) is 0 Å². The maximum absolute atomic E-state index is 13.2. The summed E-state index contributed by atoms with van der Waals surface area (Å²) in [6.07, 6.45) is 1.50. The van der Waals surface area contributed by atoms with Crippen LogP contribution in [-0.2, 0) is 24.3 Å². The molecule has 0 saturated heterocycles. The van der Waals surface area contributed by atoms with Gasteiger partial charge in [0, 0.05) is 12.6 Å². The van der Waals surface area contributed by atoms with E-state index in [0.717, 1.165) is 31.0 Å². The van der Waals surface area contributed by atoms with Gasteiger partial charge in [-0.25, -0.2) is 17.5 Å². The molecule has 1 aliphatic carbocycles. The molecule has 0 unspecified atom stereocenters. The monoisotopic (exact) mass is 497 g/mol. The van der Waals surface area contributed by atoms with E-state index in [4.69, 9.17) is 16.3 Å². The van der Waals surface area contributed by atoms with Crippen molar-refractivity contribution in [2.24, 2.45) is 0 Å². The summed E-state index contributed by atoms with van der Waals surface area (Å²) in [6.45, 7) is -0.917. The highest BCUT2D eigenvalue weighted by Crippen LogP contribution is 2.22. The fraction of sp³-hybridized carbons (Fsp3) is 0.286. The SMILES string of the molecule is O=C(COC(=O)CCNS(=O)(=O)c1ccc(F)c(Cl)c1)Nc1ccccc1C(=O)NC1CC1. The van der Waals surface area contributed by atoms with Crippen molar-refractivity contribution < 1.29 is 31.9 Å². The second-order valence-corrected chi connectivity index (χ2v) is 9.40. The van der Waals surface area contributed by atoms with E-state index in [-0.39, 0.29) is 40.5 Å². The van der Waals surface area contributed by atoms with Crippen molar-refractivity contribution in [3.63, 3.8) is 0 Å². The number of nitrogens with one attached hydrogen (secondary N) is 3. The third kappa shape index (κ3) is 7.24. The highest BCUT2D eigenvalue weighted by molar-refractivity contribution is 7.89. The first kappa shape index (κ1) is 24.6. The summed E-state index contributed by atoms with van der Waals surface area (Å²) < 4.78 is 44.5. The maximum Gasteiger partial charge on any atom is 0.307 e. The van der Waals surface area contributed by atoms with E-state index < -0.39 is 34.3 Å². The first-order valence-corrected chi connectivity index (χ1v) is 11.8. The highest BCUT2D eigenvalue weighted by atomic mass is 35.5. The Morgan fingerprint density at radius 3 is 2.55 bits per heavy atom. The Bertz CT molecular complexity index is 1170. The Morgan fingerprint density at radius 1 is 1.12 bits per heavy atom. The van der Waals surface area contributed by atoms with Crippen LogP contribution >= 0.6 is 11.6 Å². The molecule has 0 radical (unpaired) electrons. The molecule has 33 heavy (non-hydrogen) atoms. The second-order valence-electron chi connectivity index (χ2n) is 7.23. The minimum Gasteiger partial charge on any atom is -0.456 e. The number of anilines is 1. The molecule has 0 spiro atoms. The van der Waals surface area contributed by atoms with E-state index >= 15 is 0 Å². The molecule has 12 heteroatoms. The number of amides is 2. The van der Waals surface area contributed by atoms with Gasteiger partial charge in [0.1, 0.15) is 5.82 Å². The molecule has 0 aliphatic heterocycles. The van der Waals surface area contributed by atoms with Crippen molar-refractivity contribution in [3.05, 3.63) is 58.9 Å². The van der Waals surface area contributed by atoms with Crippen LogP contribution in [-0.4, -0.2) is 45.4 Å². The van der Waals surface area contributed by atoms with E-state index in [0.29, 0.717) is 5.56 Å². The van der Waals surface area contributed by atoms with Gasteiger partial charge in [-0.15, -0.1) is 0 Å². The molecule has 176 valence electrons. The van der Waals surface area contributed by atoms with E-state index in [1.54, 1.807) is 24.3 Å². The highest BCUT2D eigenvalue weighted by Gasteiger charge is 2.25. The smallest absolute Gasteiger partial charge is 0.307 e. The summed E-state index contributed by atoms with van der Waals surface area (Å²) >= 11 is 5.58. The second kappa shape index (κ2) is 10.7. The number of carbonyl (C=O) groups excluding carboxylic acids is 3. The summed E-state index contributed by atoms with van der Waals surface area (Å²) in [7, 11) is -4.01. The Balaban J connectivity index is 1.44. The first-order valence-electron chi connectivity index (χ1n) is 9.96. The van der Waals surface area contributed by atoms with Gasteiger partial charge in [-0.05, 0) is 43.2 Å². The van der Waals surface area contributed by atoms with E-state index in [9.17, 15) is 27.2 Å². The molecule has 9 nitrogen and oxygen atoms in total. The lowest BCUT2D eigenvalue weighted by Crippen LogP contribution is -2.29. The largest absolute Gasteiger partial charge is 0.456 e. The number of benzene rings is 2. The van der Waals surface area contributed by atoms with Gasteiger partial charge in [-0.1, -0.05) is 23.7 Å². The number of hydrogen-bond acceptors (Lipinski definition) is 6. The third-order valence-corrected chi connectivity index (χ3v) is 6.29. The number of halogens is 2. The van der Waals surface area contributed by atoms with Crippen LogP contribution in [0.2, 0.25) is 5.02 Å². The fourth-order valence-corrected chi connectivity index (χ4v) is 4.00. The van der Waals surface area contributed by atoms with Crippen molar-refractivity contribution in [1.82, 2.24) is 10.0 Å². The summed E-state index contributed by atoms with van der Waals surface area (Å²) in [5.41, 5.74) is 0.571. The predicted molar refractivity (Wildman–Crippen MR) is 118 cm³/mol. The molecular formula is C21H21ClFN3O6S. The third-order valence-electron chi connectivity index (χ3n) is 4.55. The number of rotatable bonds is 10. The van der Waals surface area contributed by atoms with Crippen LogP contribution in [0.25, 0.3) is 0 Å². The summed E-state index contributed by atoms with van der Waals surface area (Å²) in [4.78, 5) is 36.0. The molecule has 0 aromatic heterocycles. The van der Waals surface area contributed by atoms with Gasteiger partial charge in [0.15, 0.2) is 6.61 Å². The molecule has 3 N–H and O–H groups in total. The first-order chi connectivity index (χ1) is 15.7. The summed E-state index contributed by atoms with van der Waals surface area (Å²) in [5, 5.41) is 5.00. The van der Waals surface area contributed by atoms with Crippen LogP contribution in [0.1, 0.15) is 29.6 Å². The van der Waals surface area contributed by atoms with Gasteiger partial charge in [0.25, 0.3) is 11.8 Å². The number of carbonyl (C=O) groups is 3. The van der Waals surface area contributed by atoms with Crippen molar-refractivity contribution >= 4 is 45.1 Å². The molecule has 2 aromatic rings. The predicted octanol–water partition coefficient (Wildman–Crippen LogP) is 2.22. The normalized spacial score (nSPS) is 13.3. The molecule has 0 heterocycles. The number of sulfonamides is 1. The van der Waals surface area contributed by atoms with Crippen molar-refractivity contribution in [1.29, 1.82) is 0 Å². The lowest BCUT2D eigenvalue weighted by molar-refractivity contribution is -0.147. The molecule has 1 saturated carbocycles. The molecule has 0 atom stereocenters. The average molecular weight is 498 g/mol. The maximum atomic E-state index is 13.2. The van der Waals surface area contributed by atoms with E-state index in [2.05, 4.69) is 15.4 Å². The fourth-order valence-electron chi connectivity index (χ4n) is 2.70. The lowest BCUT2D eigenvalue weighted by atomic mass is 10.1. The Kier molecular flexibility index (Phi) is 8.01. The Hall–Kier alpha value is -3.02. The standard InChI is InChI=1S/C21H21ClFN3O6S/c22-16-11-14(7-8-17(16)23)33(30,31)24-10-9-20(28)32-12-19(27)26-18-4-2-1-3-15(18)21(29)25-13-5-6-13/h1-4,7-8,11,13,24H,5-6,9-10,12H2,(H,25,29)(H,26,27). The van der Waals surface area contributed by atoms with Gasteiger partial charge in [0.05, 0.1) is 27.6 Å². The van der Waals surface area contributed by atoms with Crippen LogP contribution < -0.4 is 15.4 Å². The van der Waals surface area contributed by atoms with Gasteiger partial charge < -0.3 is 15.4 Å². The molecule has 1 aliphatic rings. The zero-order chi connectivity index (χ0) is 24.0. The van der Waals surface area contributed by atoms with Crippen LogP contribution in [0.15, 0.2) is 47.4 Å². The molecule has 0 bridgehead atoms. The zero-order valence-corrected chi connectivity index (χ0v) is 18.8. The number of ether oxygens (including phenoxy) is 1. The number of hydrogen-bond donors (Lipinski definition) is 3. The summed E-state index contributed by atoms with van der Waals surface area (Å²) in [6, 6.07) is 9.49. The van der Waals surface area contributed by atoms with Crippen LogP contribution in [0.5, 0.6) is 0 Å².